The Morgan fingerprint density at radius 3 is 2.75 bits per heavy atom. The highest BCUT2D eigenvalue weighted by Gasteiger charge is 2.45. The molecular formula is C30H44ClNO4. The van der Waals surface area contributed by atoms with Crippen LogP contribution in [0.25, 0.3) is 0 Å². The van der Waals surface area contributed by atoms with E-state index in [1.807, 2.05) is 6.92 Å². The minimum atomic E-state index is -0.329. The molecule has 1 fully saturated rings. The standard InChI is InChI=1S/C30H44ClNO4/c1-3-35-28(33)15-14-27-26-17-23(22-10-7-11-25(31)16-22)12-13-24(26)18-30(2,32-27)19-29(34)36-20-21-8-5-4-6-9-21/h4-5,7,11,17,21-22,24-27,32H,3,6,8-10,12-16,18-20H2,1-2H3. The Morgan fingerprint density at radius 2 is 2.00 bits per heavy atom. The summed E-state index contributed by atoms with van der Waals surface area (Å²) < 4.78 is 11.0. The number of alkyl halides is 1. The quantitative estimate of drug-likeness (QED) is 0.222. The van der Waals surface area contributed by atoms with Gasteiger partial charge in [-0.1, -0.05) is 36.0 Å². The van der Waals surface area contributed by atoms with Crippen molar-refractivity contribution in [1.82, 2.24) is 5.32 Å². The van der Waals surface area contributed by atoms with E-state index in [1.165, 1.54) is 5.57 Å². The third-order valence-corrected chi connectivity index (χ3v) is 8.95. The van der Waals surface area contributed by atoms with Gasteiger partial charge in [-0.05, 0) is 95.3 Å². The number of carbonyl (C=O) groups is 2. The van der Waals surface area contributed by atoms with E-state index in [0.717, 1.165) is 51.4 Å². The van der Waals surface area contributed by atoms with Gasteiger partial charge in [0.1, 0.15) is 0 Å². The molecule has 6 heteroatoms. The zero-order valence-electron chi connectivity index (χ0n) is 22.1. The number of ether oxygens (including phenoxy) is 2. The fraction of sp³-hybridized carbons (Fsp3) is 0.733. The molecule has 1 heterocycles. The molecule has 1 saturated heterocycles. The highest BCUT2D eigenvalue weighted by molar-refractivity contribution is 6.21. The monoisotopic (exact) mass is 517 g/mol. The molecule has 4 rings (SSSR count). The SMILES string of the molecule is CCOC(=O)CCC1NC(C)(CC(=O)OCC2CC=CCC2)CC2CCC(C3CC=CC(Cl)C3)=CC21. The fourth-order valence-corrected chi connectivity index (χ4v) is 7.16. The average Bonchev–Trinajstić information content (AvgIpc) is 2.86. The zero-order valence-corrected chi connectivity index (χ0v) is 22.8. The second-order valence-electron chi connectivity index (χ2n) is 11.6. The summed E-state index contributed by atoms with van der Waals surface area (Å²) in [7, 11) is 0. The van der Waals surface area contributed by atoms with Crippen molar-refractivity contribution in [1.29, 1.82) is 0 Å². The highest BCUT2D eigenvalue weighted by atomic mass is 35.5. The maximum Gasteiger partial charge on any atom is 0.307 e. The first-order valence-corrected chi connectivity index (χ1v) is 14.5. The van der Waals surface area contributed by atoms with Crippen molar-refractivity contribution in [2.45, 2.75) is 101 Å². The lowest BCUT2D eigenvalue weighted by Gasteiger charge is -2.50. The summed E-state index contributed by atoms with van der Waals surface area (Å²) in [5, 5.41) is 3.94. The van der Waals surface area contributed by atoms with Crippen LogP contribution in [0.5, 0.6) is 0 Å². The van der Waals surface area contributed by atoms with Gasteiger partial charge in [0, 0.05) is 18.0 Å². The number of carbonyl (C=O) groups excluding carboxylic acids is 2. The number of esters is 2. The van der Waals surface area contributed by atoms with Gasteiger partial charge in [-0.2, -0.15) is 0 Å². The van der Waals surface area contributed by atoms with E-state index in [2.05, 4.69) is 42.6 Å². The fourth-order valence-electron chi connectivity index (χ4n) is 6.84. The number of halogens is 1. The third kappa shape index (κ3) is 7.47. The number of nitrogens with one attached hydrogen (secondary N) is 1. The molecule has 1 N–H and O–H groups in total. The van der Waals surface area contributed by atoms with Crippen molar-refractivity contribution in [3.8, 4) is 0 Å². The van der Waals surface area contributed by atoms with Crippen LogP contribution < -0.4 is 5.32 Å². The summed E-state index contributed by atoms with van der Waals surface area (Å²) in [5.41, 5.74) is 1.20. The highest BCUT2D eigenvalue weighted by Crippen LogP contribution is 2.45. The smallest absolute Gasteiger partial charge is 0.307 e. The number of hydrogen-bond acceptors (Lipinski definition) is 5. The molecule has 0 aromatic carbocycles. The number of hydrogen-bond donors (Lipinski definition) is 1. The summed E-state index contributed by atoms with van der Waals surface area (Å²) in [5.74, 6) is 1.55. The van der Waals surface area contributed by atoms with Gasteiger partial charge in [0.25, 0.3) is 0 Å². The first kappa shape index (κ1) is 27.4. The number of piperidine rings is 1. The van der Waals surface area contributed by atoms with Gasteiger partial charge in [0.2, 0.25) is 0 Å². The van der Waals surface area contributed by atoms with Crippen molar-refractivity contribution >= 4 is 23.5 Å². The lowest BCUT2D eigenvalue weighted by molar-refractivity contribution is -0.148. The van der Waals surface area contributed by atoms with Crippen molar-refractivity contribution in [3.05, 3.63) is 36.0 Å². The maximum atomic E-state index is 12.9. The number of rotatable bonds is 9. The number of allylic oxidation sites excluding steroid dienone is 5. The Labute approximate surface area is 222 Å². The summed E-state index contributed by atoms with van der Waals surface area (Å²) in [4.78, 5) is 25.1. The molecule has 5 nitrogen and oxygen atoms in total. The molecule has 7 unspecified atom stereocenters. The first-order valence-electron chi connectivity index (χ1n) is 14.1. The van der Waals surface area contributed by atoms with Crippen LogP contribution >= 0.6 is 11.6 Å². The van der Waals surface area contributed by atoms with Crippen molar-refractivity contribution < 1.29 is 19.1 Å². The Hall–Kier alpha value is -1.59. The molecule has 7 atom stereocenters. The summed E-state index contributed by atoms with van der Waals surface area (Å²) in [6, 6.07) is 0.135. The molecule has 200 valence electrons. The molecule has 0 saturated carbocycles. The van der Waals surface area contributed by atoms with Crippen molar-refractivity contribution in [3.63, 3.8) is 0 Å². The van der Waals surface area contributed by atoms with Crippen LogP contribution in [0, 0.1) is 23.7 Å². The van der Waals surface area contributed by atoms with Gasteiger partial charge < -0.3 is 14.8 Å². The van der Waals surface area contributed by atoms with Gasteiger partial charge in [-0.25, -0.2) is 0 Å². The second kappa shape index (κ2) is 12.8. The van der Waals surface area contributed by atoms with Gasteiger partial charge in [0.05, 0.1) is 25.0 Å². The van der Waals surface area contributed by atoms with E-state index < -0.39 is 0 Å². The number of fused-ring (bicyclic) bond motifs is 1. The van der Waals surface area contributed by atoms with Crippen LogP contribution in [-0.2, 0) is 19.1 Å². The molecule has 1 aliphatic heterocycles. The maximum absolute atomic E-state index is 12.9. The van der Waals surface area contributed by atoms with Crippen LogP contribution in [0.2, 0.25) is 0 Å². The van der Waals surface area contributed by atoms with Gasteiger partial charge in [-0.15, -0.1) is 11.6 Å². The Kier molecular flexibility index (Phi) is 9.74. The van der Waals surface area contributed by atoms with E-state index in [-0.39, 0.29) is 28.9 Å². The zero-order chi connectivity index (χ0) is 25.5. The second-order valence-corrected chi connectivity index (χ2v) is 12.2. The van der Waals surface area contributed by atoms with E-state index >= 15 is 0 Å². The topological polar surface area (TPSA) is 64.6 Å². The van der Waals surface area contributed by atoms with Gasteiger partial charge >= 0.3 is 11.9 Å². The van der Waals surface area contributed by atoms with Crippen molar-refractivity contribution in [2.24, 2.45) is 23.7 Å². The van der Waals surface area contributed by atoms with Crippen LogP contribution in [-0.4, -0.2) is 42.1 Å². The molecule has 36 heavy (non-hydrogen) atoms. The molecule has 0 aromatic heterocycles. The molecule has 0 bridgehead atoms. The van der Waals surface area contributed by atoms with Crippen molar-refractivity contribution in [2.75, 3.05) is 13.2 Å². The summed E-state index contributed by atoms with van der Waals surface area (Å²) >= 11 is 6.45. The molecular weight excluding hydrogens is 474 g/mol. The van der Waals surface area contributed by atoms with E-state index in [9.17, 15) is 9.59 Å². The largest absolute Gasteiger partial charge is 0.466 e. The minimum absolute atomic E-state index is 0.115. The summed E-state index contributed by atoms with van der Waals surface area (Å²) in [6.45, 7) is 4.93. The predicted molar refractivity (Wildman–Crippen MR) is 144 cm³/mol. The van der Waals surface area contributed by atoms with Crippen LogP contribution in [0.15, 0.2) is 36.0 Å². The van der Waals surface area contributed by atoms with E-state index in [4.69, 9.17) is 21.1 Å². The Balaban J connectivity index is 1.42. The molecule has 4 aliphatic rings. The average molecular weight is 518 g/mol. The van der Waals surface area contributed by atoms with E-state index in [0.29, 0.717) is 56.1 Å². The predicted octanol–water partition coefficient (Wildman–Crippen LogP) is 6.27. The Bertz CT molecular complexity index is 867. The molecule has 3 aliphatic carbocycles. The van der Waals surface area contributed by atoms with Crippen LogP contribution in [0.1, 0.15) is 84.5 Å². The molecule has 0 spiro atoms. The third-order valence-electron chi connectivity index (χ3n) is 8.62. The van der Waals surface area contributed by atoms with Gasteiger partial charge in [-0.3, -0.25) is 9.59 Å². The lowest BCUT2D eigenvalue weighted by Crippen LogP contribution is -2.59. The molecule has 0 amide bonds. The lowest BCUT2D eigenvalue weighted by atomic mass is 9.64. The Morgan fingerprint density at radius 1 is 1.14 bits per heavy atom. The molecule has 0 aromatic rings. The normalized spacial score (nSPS) is 36.0. The van der Waals surface area contributed by atoms with Gasteiger partial charge in [0.15, 0.2) is 0 Å². The molecule has 0 radical (unpaired) electrons. The summed E-state index contributed by atoms with van der Waals surface area (Å²) in [6.07, 6.45) is 21.1. The van der Waals surface area contributed by atoms with Crippen LogP contribution in [0.3, 0.4) is 0 Å². The minimum Gasteiger partial charge on any atom is -0.466 e. The first-order chi connectivity index (χ1) is 17.3. The van der Waals surface area contributed by atoms with E-state index in [1.54, 1.807) is 0 Å². The van der Waals surface area contributed by atoms with Crippen LogP contribution in [0.4, 0.5) is 0 Å².